The van der Waals surface area contributed by atoms with Gasteiger partial charge in [-0.15, -0.1) is 11.3 Å². The Morgan fingerprint density at radius 2 is 1.88 bits per heavy atom. The van der Waals surface area contributed by atoms with E-state index in [1.165, 1.54) is 11.3 Å². The maximum absolute atomic E-state index is 13.2. The smallest absolute Gasteiger partial charge is 0.348 e. The van der Waals surface area contributed by atoms with E-state index in [1.54, 1.807) is 4.90 Å². The summed E-state index contributed by atoms with van der Waals surface area (Å²) in [6.45, 7) is 6.07. The molecule has 3 rings (SSSR count). The fourth-order valence-electron chi connectivity index (χ4n) is 3.74. The van der Waals surface area contributed by atoms with E-state index in [1.807, 2.05) is 50.2 Å². The van der Waals surface area contributed by atoms with Crippen LogP contribution < -0.4 is 4.90 Å². The molecular weight excluding hydrogens is 346 g/mol. The Morgan fingerprint density at radius 3 is 2.42 bits per heavy atom. The quantitative estimate of drug-likeness (QED) is 0.777. The maximum atomic E-state index is 13.2. The van der Waals surface area contributed by atoms with Gasteiger partial charge in [-0.3, -0.25) is 4.79 Å². The van der Waals surface area contributed by atoms with Crippen molar-refractivity contribution in [3.63, 3.8) is 0 Å². The average Bonchev–Trinajstić information content (AvgIpc) is 3.22. The minimum Gasteiger partial charge on any atom is -0.477 e. The van der Waals surface area contributed by atoms with Gasteiger partial charge in [-0.2, -0.15) is 0 Å². The van der Waals surface area contributed by atoms with Crippen LogP contribution in [0.15, 0.2) is 36.4 Å². The van der Waals surface area contributed by atoms with Crippen LogP contribution in [0.4, 0.5) is 5.69 Å². The SMILES string of the molecule is CC1CCC(C(=O)N(c2cc(-c3ccccc3)sc2C(=O)O)C(C)C)C1. The number of carboxylic acids is 1. The van der Waals surface area contributed by atoms with Crippen LogP contribution in [0.3, 0.4) is 0 Å². The number of aromatic carboxylic acids is 1. The molecule has 1 aromatic heterocycles. The molecule has 1 aliphatic rings. The first-order chi connectivity index (χ1) is 12.4. The van der Waals surface area contributed by atoms with E-state index >= 15 is 0 Å². The average molecular weight is 372 g/mol. The Bertz CT molecular complexity index is 797. The number of carbonyl (C=O) groups excluding carboxylic acids is 1. The van der Waals surface area contributed by atoms with Gasteiger partial charge >= 0.3 is 5.97 Å². The van der Waals surface area contributed by atoms with Crippen molar-refractivity contribution in [1.29, 1.82) is 0 Å². The molecular formula is C21H25NO3S. The molecule has 1 amide bonds. The Morgan fingerprint density at radius 1 is 1.19 bits per heavy atom. The number of hydrogen-bond donors (Lipinski definition) is 1. The first-order valence-corrected chi connectivity index (χ1v) is 9.95. The lowest BCUT2D eigenvalue weighted by Crippen LogP contribution is -2.41. The molecule has 2 aromatic rings. The zero-order valence-corrected chi connectivity index (χ0v) is 16.3. The van der Waals surface area contributed by atoms with Crippen molar-refractivity contribution in [2.24, 2.45) is 11.8 Å². The van der Waals surface area contributed by atoms with Crippen molar-refractivity contribution in [3.8, 4) is 10.4 Å². The molecule has 2 unspecified atom stereocenters. The summed E-state index contributed by atoms with van der Waals surface area (Å²) < 4.78 is 0. The third-order valence-corrected chi connectivity index (χ3v) is 6.18. The molecule has 1 saturated carbocycles. The summed E-state index contributed by atoms with van der Waals surface area (Å²) in [4.78, 5) is 27.9. The monoisotopic (exact) mass is 371 g/mol. The van der Waals surface area contributed by atoms with E-state index in [2.05, 4.69) is 6.92 Å². The molecule has 2 atom stereocenters. The lowest BCUT2D eigenvalue weighted by Gasteiger charge is -2.29. The zero-order chi connectivity index (χ0) is 18.8. The summed E-state index contributed by atoms with van der Waals surface area (Å²) in [6.07, 6.45) is 2.84. The lowest BCUT2D eigenvalue weighted by molar-refractivity contribution is -0.122. The van der Waals surface area contributed by atoms with Gasteiger partial charge < -0.3 is 10.0 Å². The van der Waals surface area contributed by atoms with Crippen molar-refractivity contribution in [2.75, 3.05) is 4.90 Å². The van der Waals surface area contributed by atoms with Gasteiger partial charge in [0.15, 0.2) is 0 Å². The third-order valence-electron chi connectivity index (χ3n) is 5.02. The number of benzene rings is 1. The van der Waals surface area contributed by atoms with E-state index in [-0.39, 0.29) is 22.7 Å². The standard InChI is InChI=1S/C21H25NO3S/c1-13(2)22(20(23)16-10-9-14(3)11-16)17-12-18(26-19(17)21(24)25)15-7-5-4-6-8-15/h4-8,12-14,16H,9-11H2,1-3H3,(H,24,25). The van der Waals surface area contributed by atoms with Gasteiger partial charge in [0.2, 0.25) is 5.91 Å². The highest BCUT2D eigenvalue weighted by Crippen LogP contribution is 2.40. The van der Waals surface area contributed by atoms with Crippen LogP contribution in [0.25, 0.3) is 10.4 Å². The number of amides is 1. The van der Waals surface area contributed by atoms with Crippen molar-refractivity contribution in [2.45, 2.75) is 46.1 Å². The van der Waals surface area contributed by atoms with Gasteiger partial charge in [0.05, 0.1) is 5.69 Å². The molecule has 0 radical (unpaired) electrons. The third kappa shape index (κ3) is 3.68. The van der Waals surface area contributed by atoms with Gasteiger partial charge in [0, 0.05) is 16.8 Å². The highest BCUT2D eigenvalue weighted by atomic mass is 32.1. The summed E-state index contributed by atoms with van der Waals surface area (Å²) in [5.74, 6) is -0.372. The number of thiophene rings is 1. The van der Waals surface area contributed by atoms with Gasteiger partial charge in [-0.1, -0.05) is 37.3 Å². The number of carbonyl (C=O) groups is 2. The number of carboxylic acid groups (broad SMARTS) is 1. The second kappa shape index (κ2) is 7.62. The summed E-state index contributed by atoms with van der Waals surface area (Å²) in [7, 11) is 0. The molecule has 5 heteroatoms. The predicted octanol–water partition coefficient (Wildman–Crippen LogP) is 5.29. The van der Waals surface area contributed by atoms with Gasteiger partial charge in [0.25, 0.3) is 0 Å². The molecule has 0 saturated heterocycles. The minimum absolute atomic E-state index is 0.00544. The fourth-order valence-corrected chi connectivity index (χ4v) is 4.73. The molecule has 0 spiro atoms. The molecule has 138 valence electrons. The summed E-state index contributed by atoms with van der Waals surface area (Å²) in [5.41, 5.74) is 1.50. The summed E-state index contributed by atoms with van der Waals surface area (Å²) >= 11 is 1.23. The Balaban J connectivity index is 2.02. The van der Waals surface area contributed by atoms with Crippen LogP contribution in [0, 0.1) is 11.8 Å². The highest BCUT2D eigenvalue weighted by molar-refractivity contribution is 7.18. The Labute approximate surface area is 158 Å². The first-order valence-electron chi connectivity index (χ1n) is 9.14. The maximum Gasteiger partial charge on any atom is 0.348 e. The van der Waals surface area contributed by atoms with Crippen molar-refractivity contribution in [3.05, 3.63) is 41.3 Å². The number of hydrogen-bond acceptors (Lipinski definition) is 3. The van der Waals surface area contributed by atoms with Crippen LogP contribution in [-0.2, 0) is 4.79 Å². The van der Waals surface area contributed by atoms with E-state index in [0.717, 1.165) is 29.7 Å². The molecule has 0 bridgehead atoms. The Hall–Kier alpha value is -2.14. The van der Waals surface area contributed by atoms with E-state index < -0.39 is 5.97 Å². The van der Waals surface area contributed by atoms with Crippen LogP contribution >= 0.6 is 11.3 Å². The second-order valence-corrected chi connectivity index (χ2v) is 8.47. The molecule has 0 aliphatic heterocycles. The molecule has 4 nitrogen and oxygen atoms in total. The van der Waals surface area contributed by atoms with Gasteiger partial charge in [0.1, 0.15) is 4.88 Å². The van der Waals surface area contributed by atoms with Gasteiger partial charge in [-0.25, -0.2) is 4.79 Å². The first kappa shape index (κ1) is 18.6. The number of nitrogens with zero attached hydrogens (tertiary/aromatic N) is 1. The van der Waals surface area contributed by atoms with Crippen molar-refractivity contribution < 1.29 is 14.7 Å². The lowest BCUT2D eigenvalue weighted by atomic mass is 10.0. The summed E-state index contributed by atoms with van der Waals surface area (Å²) in [6, 6.07) is 11.5. The Kier molecular flexibility index (Phi) is 5.47. The minimum atomic E-state index is -0.981. The zero-order valence-electron chi connectivity index (χ0n) is 15.4. The molecule has 1 fully saturated rings. The van der Waals surface area contributed by atoms with E-state index in [0.29, 0.717) is 11.6 Å². The van der Waals surface area contributed by atoms with Crippen LogP contribution in [0.1, 0.15) is 49.7 Å². The predicted molar refractivity (Wildman–Crippen MR) is 106 cm³/mol. The largest absolute Gasteiger partial charge is 0.477 e. The van der Waals surface area contributed by atoms with Crippen LogP contribution in [-0.4, -0.2) is 23.0 Å². The topological polar surface area (TPSA) is 57.6 Å². The molecule has 26 heavy (non-hydrogen) atoms. The molecule has 1 aliphatic carbocycles. The van der Waals surface area contributed by atoms with Gasteiger partial charge in [-0.05, 0) is 50.7 Å². The molecule has 1 aromatic carbocycles. The van der Waals surface area contributed by atoms with E-state index in [9.17, 15) is 14.7 Å². The summed E-state index contributed by atoms with van der Waals surface area (Å²) in [5, 5.41) is 9.72. The fraction of sp³-hybridized carbons (Fsp3) is 0.429. The van der Waals surface area contributed by atoms with Crippen molar-refractivity contribution >= 4 is 28.9 Å². The number of anilines is 1. The number of rotatable bonds is 5. The van der Waals surface area contributed by atoms with Crippen LogP contribution in [0.2, 0.25) is 0 Å². The highest BCUT2D eigenvalue weighted by Gasteiger charge is 2.35. The normalized spacial score (nSPS) is 19.7. The van der Waals surface area contributed by atoms with Crippen LogP contribution in [0.5, 0.6) is 0 Å². The van der Waals surface area contributed by atoms with Crippen molar-refractivity contribution in [1.82, 2.24) is 0 Å². The molecule has 1 heterocycles. The van der Waals surface area contributed by atoms with E-state index in [4.69, 9.17) is 0 Å². The second-order valence-electron chi connectivity index (χ2n) is 7.41. The molecule has 1 N–H and O–H groups in total.